The van der Waals surface area contributed by atoms with Gasteiger partial charge >= 0.3 is 0 Å². The number of hydrogen-bond acceptors (Lipinski definition) is 4. The van der Waals surface area contributed by atoms with Crippen LogP contribution in [0.15, 0.2) is 47.6 Å². The van der Waals surface area contributed by atoms with Gasteiger partial charge < -0.3 is 15.4 Å². The standard InChI is InChI=1S/C24H21ClF3N3O2S/c25-17-4-1-12(22(32)31-15-10-18(26)21(28)19(27)11-15)7-20(17)34-16-8-13-2-3-14(9-16)24(13,33)23-29-5-6-30-23/h1,4-7,10-11,13-14,16,33H,2-3,8-9H2,(H,29,30)(H,31,32)/t13-,14?,16-,24-/m0/s1. The normalized spacial score (nSPS) is 26.0. The second-order valence-electron chi connectivity index (χ2n) is 8.80. The summed E-state index contributed by atoms with van der Waals surface area (Å²) in [6, 6.07) is 6.19. The van der Waals surface area contributed by atoms with E-state index in [0.717, 1.165) is 37.8 Å². The Morgan fingerprint density at radius 3 is 2.44 bits per heavy atom. The summed E-state index contributed by atoms with van der Waals surface area (Å²) in [5, 5.41) is 14.5. The number of amides is 1. The van der Waals surface area contributed by atoms with E-state index in [9.17, 15) is 23.1 Å². The van der Waals surface area contributed by atoms with Crippen LogP contribution in [0.2, 0.25) is 5.02 Å². The summed E-state index contributed by atoms with van der Waals surface area (Å²) in [4.78, 5) is 20.8. The average molecular weight is 508 g/mol. The zero-order chi connectivity index (χ0) is 24.0. The smallest absolute Gasteiger partial charge is 0.255 e. The Morgan fingerprint density at radius 1 is 1.15 bits per heavy atom. The summed E-state index contributed by atoms with van der Waals surface area (Å²) in [6.07, 6.45) is 6.76. The third-order valence-corrected chi connectivity index (χ3v) is 8.56. The van der Waals surface area contributed by atoms with Crippen LogP contribution in [-0.4, -0.2) is 26.2 Å². The predicted molar refractivity (Wildman–Crippen MR) is 123 cm³/mol. The lowest BCUT2D eigenvalue weighted by atomic mass is 9.74. The molecule has 5 nitrogen and oxygen atoms in total. The molecule has 4 atom stereocenters. The zero-order valence-corrected chi connectivity index (χ0v) is 19.4. The Labute approximate surface area is 203 Å². The van der Waals surface area contributed by atoms with E-state index in [1.807, 2.05) is 0 Å². The molecule has 178 valence electrons. The molecule has 10 heteroatoms. The fourth-order valence-corrected chi connectivity index (χ4v) is 6.86. The van der Waals surface area contributed by atoms with E-state index < -0.39 is 29.0 Å². The molecule has 1 unspecified atom stereocenters. The maximum absolute atomic E-state index is 13.5. The zero-order valence-electron chi connectivity index (χ0n) is 17.8. The molecular weight excluding hydrogens is 487 g/mol. The van der Waals surface area contributed by atoms with E-state index in [1.165, 1.54) is 6.07 Å². The van der Waals surface area contributed by atoms with Crippen molar-refractivity contribution in [3.05, 3.63) is 76.6 Å². The van der Waals surface area contributed by atoms with Crippen LogP contribution in [0.25, 0.3) is 0 Å². The van der Waals surface area contributed by atoms with Crippen molar-refractivity contribution in [3.63, 3.8) is 0 Å². The number of aliphatic hydroxyl groups is 1. The van der Waals surface area contributed by atoms with Crippen LogP contribution in [0.3, 0.4) is 0 Å². The number of imidazole rings is 1. The van der Waals surface area contributed by atoms with Gasteiger partial charge in [-0.2, -0.15) is 0 Å². The third-order valence-electron chi connectivity index (χ3n) is 6.81. The van der Waals surface area contributed by atoms with Gasteiger partial charge in [0.05, 0.1) is 5.02 Å². The van der Waals surface area contributed by atoms with Gasteiger partial charge in [0.25, 0.3) is 5.91 Å². The first-order valence-electron chi connectivity index (χ1n) is 10.9. The Morgan fingerprint density at radius 2 is 1.82 bits per heavy atom. The SMILES string of the molecule is O=C(Nc1cc(F)c(F)c(F)c1)c1ccc(Cl)c(S[C@@H]2CC3CC[C@@H](C2)[C@@]3(O)c2ncc[nH]2)c1. The number of carbonyl (C=O) groups excluding carboxylic acids is 1. The summed E-state index contributed by atoms with van der Waals surface area (Å²) in [7, 11) is 0. The van der Waals surface area contributed by atoms with Crippen LogP contribution in [0, 0.1) is 29.3 Å². The number of nitrogens with zero attached hydrogens (tertiary/aromatic N) is 1. The molecule has 0 saturated heterocycles. The molecule has 0 aliphatic heterocycles. The van der Waals surface area contributed by atoms with Crippen LogP contribution >= 0.6 is 23.4 Å². The molecule has 2 saturated carbocycles. The molecule has 3 N–H and O–H groups in total. The lowest BCUT2D eigenvalue weighted by Crippen LogP contribution is -2.44. The van der Waals surface area contributed by atoms with E-state index >= 15 is 0 Å². The van der Waals surface area contributed by atoms with Gasteiger partial charge in [0.15, 0.2) is 17.5 Å². The first-order valence-corrected chi connectivity index (χ1v) is 12.2. The number of benzene rings is 2. The van der Waals surface area contributed by atoms with Gasteiger partial charge in [0.1, 0.15) is 11.4 Å². The number of rotatable bonds is 5. The van der Waals surface area contributed by atoms with Crippen LogP contribution in [-0.2, 0) is 5.60 Å². The van der Waals surface area contributed by atoms with Gasteiger partial charge in [-0.15, -0.1) is 11.8 Å². The molecule has 2 aliphatic rings. The number of nitrogens with one attached hydrogen (secondary N) is 2. The third kappa shape index (κ3) is 4.10. The first kappa shape index (κ1) is 23.3. The van der Waals surface area contributed by atoms with E-state index in [2.05, 4.69) is 15.3 Å². The molecule has 2 aromatic carbocycles. The van der Waals surface area contributed by atoms with E-state index in [0.29, 0.717) is 15.7 Å². The quantitative estimate of drug-likeness (QED) is 0.376. The maximum Gasteiger partial charge on any atom is 0.255 e. The van der Waals surface area contributed by atoms with Crippen molar-refractivity contribution in [1.82, 2.24) is 9.97 Å². The highest BCUT2D eigenvalue weighted by atomic mass is 35.5. The minimum atomic E-state index is -1.59. The van der Waals surface area contributed by atoms with Crippen molar-refractivity contribution in [2.75, 3.05) is 5.32 Å². The lowest BCUT2D eigenvalue weighted by Gasteiger charge is -2.41. The van der Waals surface area contributed by atoms with Crippen LogP contribution < -0.4 is 5.32 Å². The number of halogens is 4. The van der Waals surface area contributed by atoms with E-state index in [1.54, 1.807) is 36.3 Å². The Hall–Kier alpha value is -2.49. The molecule has 2 aliphatic carbocycles. The molecule has 34 heavy (non-hydrogen) atoms. The molecule has 1 heterocycles. The molecule has 1 amide bonds. The molecule has 2 bridgehead atoms. The van der Waals surface area contributed by atoms with Crippen LogP contribution in [0.4, 0.5) is 18.9 Å². The molecular formula is C24H21ClF3N3O2S. The van der Waals surface area contributed by atoms with Crippen LogP contribution in [0.5, 0.6) is 0 Å². The fourth-order valence-electron chi connectivity index (χ4n) is 5.21. The highest BCUT2D eigenvalue weighted by Crippen LogP contribution is 2.57. The monoisotopic (exact) mass is 507 g/mol. The number of fused-ring (bicyclic) bond motifs is 2. The lowest BCUT2D eigenvalue weighted by molar-refractivity contribution is -0.0708. The fraction of sp³-hybridized carbons (Fsp3) is 0.333. The van der Waals surface area contributed by atoms with Crippen molar-refractivity contribution >= 4 is 35.0 Å². The van der Waals surface area contributed by atoms with Crippen molar-refractivity contribution < 1.29 is 23.1 Å². The highest BCUT2D eigenvalue weighted by molar-refractivity contribution is 8.00. The van der Waals surface area contributed by atoms with E-state index in [-0.39, 0.29) is 28.3 Å². The average Bonchev–Trinajstić information content (AvgIpc) is 3.38. The topological polar surface area (TPSA) is 78.0 Å². The van der Waals surface area contributed by atoms with Crippen molar-refractivity contribution in [3.8, 4) is 0 Å². The summed E-state index contributed by atoms with van der Waals surface area (Å²) in [5.74, 6) is -4.20. The Bertz CT molecular complexity index is 1200. The highest BCUT2D eigenvalue weighted by Gasteiger charge is 2.55. The number of H-pyrrole nitrogens is 1. The molecule has 0 radical (unpaired) electrons. The predicted octanol–water partition coefficient (Wildman–Crippen LogP) is 5.90. The van der Waals surface area contributed by atoms with Gasteiger partial charge in [-0.3, -0.25) is 4.79 Å². The summed E-state index contributed by atoms with van der Waals surface area (Å²) in [5.41, 5.74) is -0.888. The van der Waals surface area contributed by atoms with Crippen molar-refractivity contribution in [1.29, 1.82) is 0 Å². The van der Waals surface area contributed by atoms with Crippen molar-refractivity contribution in [2.24, 2.45) is 11.8 Å². The van der Waals surface area contributed by atoms with Gasteiger partial charge in [-0.05, 0) is 55.7 Å². The van der Waals surface area contributed by atoms with Gasteiger partial charge in [-0.25, -0.2) is 18.2 Å². The van der Waals surface area contributed by atoms with Crippen LogP contribution in [0.1, 0.15) is 41.9 Å². The summed E-state index contributed by atoms with van der Waals surface area (Å²) >= 11 is 7.97. The number of anilines is 1. The van der Waals surface area contributed by atoms with Crippen molar-refractivity contribution in [2.45, 2.75) is 41.4 Å². The second kappa shape index (κ2) is 8.94. The Kier molecular flexibility index (Phi) is 6.12. The number of aromatic amines is 1. The molecule has 1 aromatic heterocycles. The number of thioether (sulfide) groups is 1. The number of aromatic nitrogens is 2. The molecule has 3 aromatic rings. The van der Waals surface area contributed by atoms with Gasteiger partial charge in [0.2, 0.25) is 0 Å². The molecule has 2 fully saturated rings. The van der Waals surface area contributed by atoms with E-state index in [4.69, 9.17) is 11.6 Å². The minimum absolute atomic E-state index is 0.0726. The first-order chi connectivity index (χ1) is 16.3. The van der Waals surface area contributed by atoms with Gasteiger partial charge in [0, 0.05) is 45.9 Å². The largest absolute Gasteiger partial charge is 0.381 e. The number of carbonyl (C=O) groups is 1. The minimum Gasteiger partial charge on any atom is -0.381 e. The van der Waals surface area contributed by atoms with Gasteiger partial charge in [-0.1, -0.05) is 11.6 Å². The molecule has 0 spiro atoms. The molecule has 5 rings (SSSR count). The summed E-state index contributed by atoms with van der Waals surface area (Å²) in [6.45, 7) is 0. The Balaban J connectivity index is 1.31. The second-order valence-corrected chi connectivity index (χ2v) is 10.5. The summed E-state index contributed by atoms with van der Waals surface area (Å²) < 4.78 is 40.1. The number of hydrogen-bond donors (Lipinski definition) is 3. The maximum atomic E-state index is 13.5.